The molecule has 19 heavy (non-hydrogen) atoms. The molecule has 1 aromatic carbocycles. The Morgan fingerprint density at radius 3 is 2.84 bits per heavy atom. The Balaban J connectivity index is 2.05. The van der Waals surface area contributed by atoms with Gasteiger partial charge in [0.1, 0.15) is 5.75 Å². The predicted octanol–water partition coefficient (Wildman–Crippen LogP) is 3.78. The van der Waals surface area contributed by atoms with Crippen molar-refractivity contribution < 1.29 is 9.53 Å². The van der Waals surface area contributed by atoms with Crippen molar-refractivity contribution in [1.29, 1.82) is 0 Å². The minimum absolute atomic E-state index is 0.0541. The quantitative estimate of drug-likeness (QED) is 0.764. The molecule has 0 amide bonds. The average molecular weight is 256 g/mol. The lowest BCUT2D eigenvalue weighted by atomic mass is 9.75. The molecule has 0 unspecified atom stereocenters. The summed E-state index contributed by atoms with van der Waals surface area (Å²) < 4.78 is 5.86. The van der Waals surface area contributed by atoms with Gasteiger partial charge in [-0.15, -0.1) is 0 Å². The largest absolute Gasteiger partial charge is 0.493 e. The maximum absolute atomic E-state index is 11.9. The highest BCUT2D eigenvalue weighted by Crippen LogP contribution is 2.42. The zero-order chi connectivity index (χ0) is 13.5. The lowest BCUT2D eigenvalue weighted by Gasteiger charge is -2.30. The second-order valence-electron chi connectivity index (χ2n) is 6.40. The van der Waals surface area contributed by atoms with E-state index < -0.39 is 0 Å². The number of benzene rings is 1. The predicted molar refractivity (Wildman–Crippen MR) is 76.3 cm³/mol. The van der Waals surface area contributed by atoms with E-state index in [1.165, 1.54) is 5.56 Å². The first-order valence-electron chi connectivity index (χ1n) is 7.04. The summed E-state index contributed by atoms with van der Waals surface area (Å²) in [6.45, 7) is 5.11. The van der Waals surface area contributed by atoms with Gasteiger partial charge in [0.2, 0.25) is 0 Å². The van der Waals surface area contributed by atoms with Crippen LogP contribution < -0.4 is 4.74 Å². The van der Waals surface area contributed by atoms with Crippen LogP contribution >= 0.6 is 0 Å². The van der Waals surface area contributed by atoms with Gasteiger partial charge in [-0.05, 0) is 41.9 Å². The number of aryl methyl sites for hydroxylation is 1. The van der Waals surface area contributed by atoms with E-state index in [1.807, 2.05) is 6.08 Å². The highest BCUT2D eigenvalue weighted by Gasteiger charge is 2.29. The highest BCUT2D eigenvalue weighted by atomic mass is 16.5. The van der Waals surface area contributed by atoms with E-state index in [0.29, 0.717) is 6.42 Å². The summed E-state index contributed by atoms with van der Waals surface area (Å²) in [7, 11) is 0. The maximum atomic E-state index is 11.9. The Bertz CT molecular complexity index is 552. The van der Waals surface area contributed by atoms with Crippen molar-refractivity contribution >= 4 is 11.4 Å². The second-order valence-corrected chi connectivity index (χ2v) is 6.40. The first-order chi connectivity index (χ1) is 9.05. The number of para-hydroxylation sites is 1. The molecule has 3 rings (SSSR count). The van der Waals surface area contributed by atoms with E-state index in [1.54, 1.807) is 0 Å². The third-order valence-corrected chi connectivity index (χ3v) is 3.94. The summed E-state index contributed by atoms with van der Waals surface area (Å²) in [4.78, 5) is 11.9. The molecule has 0 saturated heterocycles. The lowest BCUT2D eigenvalue weighted by Crippen LogP contribution is -2.22. The van der Waals surface area contributed by atoms with Crippen molar-refractivity contribution in [1.82, 2.24) is 0 Å². The molecule has 0 saturated carbocycles. The van der Waals surface area contributed by atoms with Gasteiger partial charge in [0.15, 0.2) is 5.78 Å². The Morgan fingerprint density at radius 2 is 2.05 bits per heavy atom. The van der Waals surface area contributed by atoms with Crippen LogP contribution in [0.4, 0.5) is 0 Å². The van der Waals surface area contributed by atoms with Gasteiger partial charge in [0, 0.05) is 12.0 Å². The van der Waals surface area contributed by atoms with E-state index in [2.05, 4.69) is 32.0 Å². The van der Waals surface area contributed by atoms with Crippen LogP contribution in [0.5, 0.6) is 5.75 Å². The van der Waals surface area contributed by atoms with E-state index >= 15 is 0 Å². The van der Waals surface area contributed by atoms with Crippen molar-refractivity contribution in [2.24, 2.45) is 5.41 Å². The van der Waals surface area contributed by atoms with Crippen molar-refractivity contribution in [2.75, 3.05) is 6.61 Å². The van der Waals surface area contributed by atoms with E-state index in [4.69, 9.17) is 4.74 Å². The monoisotopic (exact) mass is 256 g/mol. The number of allylic oxidation sites excluding steroid dienone is 2. The van der Waals surface area contributed by atoms with E-state index in [0.717, 1.165) is 42.8 Å². The minimum Gasteiger partial charge on any atom is -0.493 e. The van der Waals surface area contributed by atoms with E-state index in [-0.39, 0.29) is 11.2 Å². The SMILES string of the molecule is CC1(C)CC(=O)C=C(c2cccc3c2OCCC3)C1. The lowest BCUT2D eigenvalue weighted by molar-refractivity contribution is -0.116. The van der Waals surface area contributed by atoms with Crippen LogP contribution in [-0.4, -0.2) is 12.4 Å². The molecule has 1 aromatic rings. The Labute approximate surface area is 114 Å². The molecular weight excluding hydrogens is 236 g/mol. The smallest absolute Gasteiger partial charge is 0.156 e. The van der Waals surface area contributed by atoms with Crippen LogP contribution in [0.15, 0.2) is 24.3 Å². The van der Waals surface area contributed by atoms with E-state index in [9.17, 15) is 4.79 Å². The van der Waals surface area contributed by atoms with Crippen LogP contribution in [0.25, 0.3) is 5.57 Å². The minimum atomic E-state index is 0.0541. The van der Waals surface area contributed by atoms with Gasteiger partial charge in [0.25, 0.3) is 0 Å². The molecule has 2 nitrogen and oxygen atoms in total. The number of carbonyl (C=O) groups is 1. The Morgan fingerprint density at radius 1 is 1.21 bits per heavy atom. The normalized spacial score (nSPS) is 21.4. The zero-order valence-corrected chi connectivity index (χ0v) is 11.7. The van der Waals surface area contributed by atoms with Crippen molar-refractivity contribution in [3.8, 4) is 5.75 Å². The fourth-order valence-corrected chi connectivity index (χ4v) is 3.16. The van der Waals surface area contributed by atoms with Crippen molar-refractivity contribution in [3.63, 3.8) is 0 Å². The standard InChI is InChI=1S/C17H20O2/c1-17(2)10-13(9-14(18)11-17)15-7-3-5-12-6-4-8-19-16(12)15/h3,5,7,9H,4,6,8,10-11H2,1-2H3. The molecule has 0 atom stereocenters. The fraction of sp³-hybridized carbons (Fsp3) is 0.471. The molecule has 1 heterocycles. The first-order valence-corrected chi connectivity index (χ1v) is 7.04. The van der Waals surface area contributed by atoms with Gasteiger partial charge in [-0.2, -0.15) is 0 Å². The summed E-state index contributed by atoms with van der Waals surface area (Å²) >= 11 is 0. The molecule has 0 radical (unpaired) electrons. The van der Waals surface area contributed by atoms with Gasteiger partial charge in [-0.3, -0.25) is 4.79 Å². The fourth-order valence-electron chi connectivity index (χ4n) is 3.16. The summed E-state index contributed by atoms with van der Waals surface area (Å²) in [5.41, 5.74) is 3.59. The topological polar surface area (TPSA) is 26.3 Å². The number of carbonyl (C=O) groups excluding carboxylic acids is 1. The highest BCUT2D eigenvalue weighted by molar-refractivity contribution is 5.99. The van der Waals surface area contributed by atoms with Gasteiger partial charge in [0.05, 0.1) is 6.61 Å². The third kappa shape index (κ3) is 2.44. The van der Waals surface area contributed by atoms with Crippen LogP contribution in [0.1, 0.15) is 44.2 Å². The molecule has 0 N–H and O–H groups in total. The molecule has 2 heteroatoms. The first kappa shape index (κ1) is 12.5. The maximum Gasteiger partial charge on any atom is 0.156 e. The molecule has 0 fully saturated rings. The van der Waals surface area contributed by atoms with Crippen LogP contribution in [0, 0.1) is 5.41 Å². The number of hydrogen-bond donors (Lipinski definition) is 0. The molecule has 100 valence electrons. The number of ether oxygens (including phenoxy) is 1. The van der Waals surface area contributed by atoms with Crippen LogP contribution in [0.3, 0.4) is 0 Å². The van der Waals surface area contributed by atoms with Crippen LogP contribution in [-0.2, 0) is 11.2 Å². The number of fused-ring (bicyclic) bond motifs is 1. The van der Waals surface area contributed by atoms with Gasteiger partial charge in [-0.1, -0.05) is 32.0 Å². The van der Waals surface area contributed by atoms with Gasteiger partial charge >= 0.3 is 0 Å². The zero-order valence-electron chi connectivity index (χ0n) is 11.7. The average Bonchev–Trinajstić information content (AvgIpc) is 2.35. The van der Waals surface area contributed by atoms with Crippen LogP contribution in [0.2, 0.25) is 0 Å². The van der Waals surface area contributed by atoms with Gasteiger partial charge < -0.3 is 4.74 Å². The third-order valence-electron chi connectivity index (χ3n) is 3.94. The Kier molecular flexibility index (Phi) is 2.96. The second kappa shape index (κ2) is 4.52. The molecular formula is C17H20O2. The molecule has 0 spiro atoms. The summed E-state index contributed by atoms with van der Waals surface area (Å²) in [6, 6.07) is 6.30. The Hall–Kier alpha value is -1.57. The summed E-state index contributed by atoms with van der Waals surface area (Å²) in [5.74, 6) is 1.24. The molecule has 0 aromatic heterocycles. The number of rotatable bonds is 1. The van der Waals surface area contributed by atoms with Crippen molar-refractivity contribution in [3.05, 3.63) is 35.4 Å². The number of ketones is 1. The molecule has 1 aliphatic carbocycles. The summed E-state index contributed by atoms with van der Waals surface area (Å²) in [6.07, 6.45) is 5.57. The number of hydrogen-bond acceptors (Lipinski definition) is 2. The molecule has 1 aliphatic heterocycles. The molecule has 0 bridgehead atoms. The van der Waals surface area contributed by atoms with Gasteiger partial charge in [-0.25, -0.2) is 0 Å². The summed E-state index contributed by atoms with van der Waals surface area (Å²) in [5, 5.41) is 0. The van der Waals surface area contributed by atoms with Crippen molar-refractivity contribution in [2.45, 2.75) is 39.5 Å². The molecule has 2 aliphatic rings.